The maximum atomic E-state index is 14.5. The summed E-state index contributed by atoms with van der Waals surface area (Å²) in [7, 11) is -4.22. The molecule has 46 heavy (non-hydrogen) atoms. The second kappa shape index (κ2) is 16.5. The summed E-state index contributed by atoms with van der Waals surface area (Å²) in [5.74, 6) is -0.348. The van der Waals surface area contributed by atoms with E-state index in [1.54, 1.807) is 67.6 Å². The molecule has 1 N–H and O–H groups in total. The number of anilines is 1. The Hall–Kier alpha value is -3.99. The maximum absolute atomic E-state index is 14.5. The van der Waals surface area contributed by atoms with E-state index in [0.29, 0.717) is 29.5 Å². The Bertz CT molecular complexity index is 1700. The highest BCUT2D eigenvalue weighted by molar-refractivity contribution is 7.98. The largest absolute Gasteiger partial charge is 0.494 e. The van der Waals surface area contributed by atoms with Crippen molar-refractivity contribution in [3.05, 3.63) is 119 Å². The highest BCUT2D eigenvalue weighted by Crippen LogP contribution is 2.28. The molecule has 1 atom stereocenters. The lowest BCUT2D eigenvalue weighted by Crippen LogP contribution is -2.53. The topological polar surface area (TPSA) is 96.0 Å². The van der Waals surface area contributed by atoms with Gasteiger partial charge in [-0.15, -0.1) is 11.8 Å². The van der Waals surface area contributed by atoms with Crippen molar-refractivity contribution in [1.29, 1.82) is 0 Å². The Morgan fingerprint density at radius 3 is 2.15 bits per heavy atom. The zero-order chi connectivity index (χ0) is 33.1. The second-order valence-corrected chi connectivity index (χ2v) is 13.5. The van der Waals surface area contributed by atoms with Gasteiger partial charge in [-0.2, -0.15) is 0 Å². The van der Waals surface area contributed by atoms with Crippen molar-refractivity contribution in [3.8, 4) is 5.75 Å². The summed E-state index contributed by atoms with van der Waals surface area (Å²) < 4.78 is 35.1. The van der Waals surface area contributed by atoms with Gasteiger partial charge >= 0.3 is 0 Å². The fraction of sp³-hybridized carbons (Fsp3) is 0.257. The Balaban J connectivity index is 1.80. The number of hydrogen-bond donors (Lipinski definition) is 1. The number of benzene rings is 4. The van der Waals surface area contributed by atoms with E-state index in [1.165, 1.54) is 28.8 Å². The van der Waals surface area contributed by atoms with Crippen LogP contribution in [0.5, 0.6) is 5.75 Å². The zero-order valence-corrected chi connectivity index (χ0v) is 28.4. The van der Waals surface area contributed by atoms with Crippen LogP contribution < -0.4 is 14.4 Å². The van der Waals surface area contributed by atoms with E-state index in [4.69, 9.17) is 16.3 Å². The number of thioether (sulfide) groups is 1. The number of carbonyl (C=O) groups excluding carboxylic acids is 2. The molecule has 0 radical (unpaired) electrons. The van der Waals surface area contributed by atoms with Crippen LogP contribution >= 0.6 is 23.4 Å². The Labute approximate surface area is 280 Å². The smallest absolute Gasteiger partial charge is 0.264 e. The number of ether oxygens (including phenoxy) is 1. The lowest BCUT2D eigenvalue weighted by molar-refractivity contribution is -0.140. The molecular weight excluding hydrogens is 642 g/mol. The van der Waals surface area contributed by atoms with E-state index in [1.807, 2.05) is 43.5 Å². The Kier molecular flexibility index (Phi) is 12.5. The lowest BCUT2D eigenvalue weighted by atomic mass is 10.0. The first kappa shape index (κ1) is 34.9. The van der Waals surface area contributed by atoms with Crippen LogP contribution in [0.1, 0.15) is 25.0 Å². The number of nitrogens with zero attached hydrogens (tertiary/aromatic N) is 2. The van der Waals surface area contributed by atoms with E-state index in [9.17, 15) is 18.0 Å². The minimum Gasteiger partial charge on any atom is -0.494 e. The highest BCUT2D eigenvalue weighted by Gasteiger charge is 2.34. The third kappa shape index (κ3) is 8.84. The fourth-order valence-electron chi connectivity index (χ4n) is 4.94. The van der Waals surface area contributed by atoms with Crippen LogP contribution in [0.4, 0.5) is 5.69 Å². The standard InChI is InChI=1S/C35H38ClN3O5S2/c1-4-37-35(41)33(23-26-11-7-6-8-12-26)38(24-27-13-9-10-14-32(27)36)34(40)25-39(28-15-17-29(18-16-28)44-5-2)46(42,43)31-21-19-30(45-3)20-22-31/h6-22,33H,4-5,23-25H2,1-3H3,(H,37,41)/t33-/m1/s1. The molecule has 0 saturated heterocycles. The van der Waals surface area contributed by atoms with Gasteiger partial charge in [0.2, 0.25) is 11.8 Å². The van der Waals surface area contributed by atoms with Gasteiger partial charge in [-0.05, 0) is 85.8 Å². The predicted molar refractivity (Wildman–Crippen MR) is 185 cm³/mol. The molecule has 4 aromatic carbocycles. The number of nitrogens with one attached hydrogen (secondary N) is 1. The van der Waals surface area contributed by atoms with Gasteiger partial charge in [-0.1, -0.05) is 60.1 Å². The number of amides is 2. The minimum atomic E-state index is -4.22. The van der Waals surface area contributed by atoms with E-state index in [-0.39, 0.29) is 29.5 Å². The van der Waals surface area contributed by atoms with Crippen LogP contribution in [0.3, 0.4) is 0 Å². The van der Waals surface area contributed by atoms with Crippen molar-refractivity contribution < 1.29 is 22.7 Å². The molecule has 0 aliphatic carbocycles. The second-order valence-electron chi connectivity index (χ2n) is 10.3. The third-order valence-electron chi connectivity index (χ3n) is 7.28. The molecule has 0 heterocycles. The van der Waals surface area contributed by atoms with Gasteiger partial charge in [0.15, 0.2) is 0 Å². The average Bonchev–Trinajstić information content (AvgIpc) is 3.07. The van der Waals surface area contributed by atoms with Crippen molar-refractivity contribution in [2.24, 2.45) is 0 Å². The molecule has 0 saturated carbocycles. The monoisotopic (exact) mass is 679 g/mol. The molecule has 0 spiro atoms. The summed E-state index contributed by atoms with van der Waals surface area (Å²) in [5.41, 5.74) is 1.75. The summed E-state index contributed by atoms with van der Waals surface area (Å²) >= 11 is 8.03. The zero-order valence-electron chi connectivity index (χ0n) is 26.1. The van der Waals surface area contributed by atoms with Crippen molar-refractivity contribution in [2.75, 3.05) is 30.3 Å². The molecule has 11 heteroatoms. The first-order chi connectivity index (χ1) is 22.2. The lowest BCUT2D eigenvalue weighted by Gasteiger charge is -2.34. The molecule has 0 unspecified atom stereocenters. The molecule has 0 fully saturated rings. The number of halogens is 1. The Morgan fingerprint density at radius 1 is 0.891 bits per heavy atom. The molecule has 0 bridgehead atoms. The molecule has 8 nitrogen and oxygen atoms in total. The fourth-order valence-corrected chi connectivity index (χ4v) is 6.95. The normalized spacial score (nSPS) is 11.8. The minimum absolute atomic E-state index is 0.00722. The first-order valence-corrected chi connectivity index (χ1v) is 18.0. The van der Waals surface area contributed by atoms with Crippen LogP contribution in [-0.4, -0.2) is 57.1 Å². The van der Waals surface area contributed by atoms with Crippen LogP contribution in [0, 0.1) is 0 Å². The van der Waals surface area contributed by atoms with Gasteiger partial charge in [-0.25, -0.2) is 8.42 Å². The molecule has 0 aliphatic rings. The van der Waals surface area contributed by atoms with Crippen LogP contribution in [0.15, 0.2) is 113 Å². The van der Waals surface area contributed by atoms with Crippen molar-refractivity contribution >= 4 is 50.9 Å². The summed E-state index contributed by atoms with van der Waals surface area (Å²) in [6.45, 7) is 3.90. The number of carbonyl (C=O) groups is 2. The van der Waals surface area contributed by atoms with Crippen LogP contribution in [-0.2, 0) is 32.6 Å². The van der Waals surface area contributed by atoms with Crippen molar-refractivity contribution in [3.63, 3.8) is 0 Å². The molecular formula is C35H38ClN3O5S2. The van der Waals surface area contributed by atoms with E-state index in [0.717, 1.165) is 14.8 Å². The maximum Gasteiger partial charge on any atom is 0.264 e. The van der Waals surface area contributed by atoms with Crippen LogP contribution in [0.2, 0.25) is 5.02 Å². The molecule has 2 amide bonds. The van der Waals surface area contributed by atoms with Gasteiger partial charge < -0.3 is 15.0 Å². The summed E-state index contributed by atoms with van der Waals surface area (Å²) in [5, 5.41) is 3.29. The molecule has 4 rings (SSSR count). The predicted octanol–water partition coefficient (Wildman–Crippen LogP) is 6.43. The van der Waals surface area contributed by atoms with Crippen molar-refractivity contribution in [2.45, 2.75) is 42.6 Å². The average molecular weight is 680 g/mol. The van der Waals surface area contributed by atoms with Gasteiger partial charge in [-0.3, -0.25) is 13.9 Å². The summed E-state index contributed by atoms with van der Waals surface area (Å²) in [4.78, 5) is 30.5. The van der Waals surface area contributed by atoms with Crippen LogP contribution in [0.25, 0.3) is 0 Å². The first-order valence-electron chi connectivity index (χ1n) is 14.9. The highest BCUT2D eigenvalue weighted by atomic mass is 35.5. The van der Waals surface area contributed by atoms with Crippen molar-refractivity contribution in [1.82, 2.24) is 10.2 Å². The third-order valence-corrected chi connectivity index (χ3v) is 10.2. The summed E-state index contributed by atoms with van der Waals surface area (Å²) in [6, 6.07) is 28.6. The molecule has 0 aliphatic heterocycles. The van der Waals surface area contributed by atoms with Gasteiger partial charge in [0.25, 0.3) is 10.0 Å². The Morgan fingerprint density at radius 2 is 1.54 bits per heavy atom. The molecule has 4 aromatic rings. The van der Waals surface area contributed by atoms with E-state index in [2.05, 4.69) is 5.32 Å². The SMILES string of the molecule is CCNC(=O)[C@@H](Cc1ccccc1)N(Cc1ccccc1Cl)C(=O)CN(c1ccc(OCC)cc1)S(=O)(=O)c1ccc(SC)cc1. The molecule has 0 aromatic heterocycles. The molecule has 242 valence electrons. The quantitative estimate of drug-likeness (QED) is 0.146. The number of hydrogen-bond acceptors (Lipinski definition) is 6. The number of likely N-dealkylation sites (N-methyl/N-ethyl adjacent to an activating group) is 1. The van der Waals surface area contributed by atoms with E-state index >= 15 is 0 Å². The van der Waals surface area contributed by atoms with Gasteiger partial charge in [0.1, 0.15) is 18.3 Å². The number of sulfonamides is 1. The number of rotatable bonds is 15. The van der Waals surface area contributed by atoms with Gasteiger partial charge in [0.05, 0.1) is 17.2 Å². The van der Waals surface area contributed by atoms with E-state index < -0.39 is 28.5 Å². The summed E-state index contributed by atoms with van der Waals surface area (Å²) in [6.07, 6.45) is 2.12. The van der Waals surface area contributed by atoms with Gasteiger partial charge in [0, 0.05) is 29.4 Å².